The molecule has 0 amide bonds. The van der Waals surface area contributed by atoms with Crippen LogP contribution in [0.5, 0.6) is 0 Å². The molecule has 0 bridgehead atoms. The van der Waals surface area contributed by atoms with Crippen LogP contribution in [-0.2, 0) is 33.2 Å². The molecule has 3 rings (SSSR count). The van der Waals surface area contributed by atoms with Gasteiger partial charge in [0.25, 0.3) is 0 Å². The smallest absolute Gasteiger partial charge is 0.190 e. The lowest BCUT2D eigenvalue weighted by atomic mass is 10.1. The monoisotopic (exact) mass is 360 g/mol. The molecule has 0 aromatic carbocycles. The summed E-state index contributed by atoms with van der Waals surface area (Å²) < 4.78 is 41.6. The van der Waals surface area contributed by atoms with Gasteiger partial charge < -0.3 is 33.2 Å². The van der Waals surface area contributed by atoms with E-state index in [0.29, 0.717) is 13.2 Å². The number of unbranched alkanes of at least 4 members (excludes halogenated alkanes) is 1. The predicted molar refractivity (Wildman–Crippen MR) is 88.8 cm³/mol. The van der Waals surface area contributed by atoms with Crippen molar-refractivity contribution in [1.82, 2.24) is 0 Å². The van der Waals surface area contributed by atoms with Crippen LogP contribution in [0.25, 0.3) is 0 Å². The molecule has 146 valence electrons. The second kappa shape index (κ2) is 7.38. The van der Waals surface area contributed by atoms with Gasteiger partial charge in [-0.2, -0.15) is 0 Å². The van der Waals surface area contributed by atoms with Crippen molar-refractivity contribution in [1.29, 1.82) is 0 Å². The molecule has 3 aliphatic heterocycles. The minimum absolute atomic E-state index is 0.233. The van der Waals surface area contributed by atoms with Crippen molar-refractivity contribution in [3.63, 3.8) is 0 Å². The maximum absolute atomic E-state index is 6.17. The Kier molecular flexibility index (Phi) is 5.75. The molecule has 3 aliphatic rings. The molecular weight excluding hydrogens is 328 g/mol. The number of fused-ring (bicyclic) bond motifs is 1. The molecule has 6 atom stereocenters. The van der Waals surface area contributed by atoms with Crippen molar-refractivity contribution in [2.24, 2.45) is 0 Å². The van der Waals surface area contributed by atoms with Crippen molar-refractivity contribution in [2.75, 3.05) is 13.2 Å². The molecule has 0 aliphatic carbocycles. The predicted octanol–water partition coefficient (Wildman–Crippen LogP) is 2.56. The summed E-state index contributed by atoms with van der Waals surface area (Å²) in [6, 6.07) is 0. The molecule has 0 N–H and O–H groups in total. The molecule has 0 saturated carbocycles. The van der Waals surface area contributed by atoms with Gasteiger partial charge in [-0.05, 0) is 41.0 Å². The molecule has 0 radical (unpaired) electrons. The highest BCUT2D eigenvalue weighted by Crippen LogP contribution is 2.42. The largest absolute Gasteiger partial charge is 0.353 e. The Labute approximate surface area is 150 Å². The fourth-order valence-electron chi connectivity index (χ4n) is 3.49. The molecular formula is C18H32O7. The second-order valence-corrected chi connectivity index (χ2v) is 7.83. The van der Waals surface area contributed by atoms with Gasteiger partial charge in [0.05, 0.1) is 6.61 Å². The lowest BCUT2D eigenvalue weighted by molar-refractivity contribution is -0.253. The first-order valence-electron chi connectivity index (χ1n) is 9.31. The zero-order chi connectivity index (χ0) is 18.2. The lowest BCUT2D eigenvalue weighted by Crippen LogP contribution is -2.45. The minimum atomic E-state index is -0.694. The summed E-state index contributed by atoms with van der Waals surface area (Å²) >= 11 is 0. The summed E-state index contributed by atoms with van der Waals surface area (Å²) in [6.07, 6.45) is 0.0404. The van der Waals surface area contributed by atoms with Crippen LogP contribution in [0.3, 0.4) is 0 Å². The molecule has 3 saturated heterocycles. The Morgan fingerprint density at radius 2 is 1.80 bits per heavy atom. The van der Waals surface area contributed by atoms with Crippen molar-refractivity contribution in [3.8, 4) is 0 Å². The van der Waals surface area contributed by atoms with Gasteiger partial charge in [-0.25, -0.2) is 0 Å². The number of hydrogen-bond donors (Lipinski definition) is 0. The van der Waals surface area contributed by atoms with Gasteiger partial charge >= 0.3 is 0 Å². The lowest BCUT2D eigenvalue weighted by Gasteiger charge is -2.30. The van der Waals surface area contributed by atoms with Crippen LogP contribution in [0.15, 0.2) is 0 Å². The van der Waals surface area contributed by atoms with Crippen molar-refractivity contribution < 1.29 is 33.2 Å². The van der Waals surface area contributed by atoms with Gasteiger partial charge in [-0.15, -0.1) is 0 Å². The Balaban J connectivity index is 1.67. The molecule has 2 unspecified atom stereocenters. The summed E-state index contributed by atoms with van der Waals surface area (Å²) in [5, 5.41) is 0. The highest BCUT2D eigenvalue weighted by atomic mass is 16.9. The van der Waals surface area contributed by atoms with E-state index in [0.717, 1.165) is 12.8 Å². The molecule has 3 heterocycles. The van der Waals surface area contributed by atoms with E-state index in [1.807, 2.05) is 34.6 Å². The van der Waals surface area contributed by atoms with E-state index in [1.165, 1.54) is 0 Å². The van der Waals surface area contributed by atoms with Crippen LogP contribution in [0.2, 0.25) is 0 Å². The normalized spacial score (nSPS) is 40.3. The van der Waals surface area contributed by atoms with E-state index in [1.54, 1.807) is 0 Å². The van der Waals surface area contributed by atoms with E-state index < -0.39 is 17.9 Å². The number of rotatable bonds is 7. The average molecular weight is 360 g/mol. The standard InChI is InChI=1S/C18H32O7/c1-7-8-9-19-11(2)21-14-13(12-10-20-17(3,4)23-12)22-16-15(14)24-18(5,6)25-16/h11-16H,7-10H2,1-6H3/t11?,12?,13-,14+,15-,16-/m1/s1. The van der Waals surface area contributed by atoms with Gasteiger partial charge in [-0.1, -0.05) is 13.3 Å². The van der Waals surface area contributed by atoms with Crippen LogP contribution in [-0.4, -0.2) is 61.8 Å². The third-order valence-electron chi connectivity index (χ3n) is 4.62. The van der Waals surface area contributed by atoms with Crippen molar-refractivity contribution in [2.45, 2.75) is 103 Å². The summed E-state index contributed by atoms with van der Waals surface area (Å²) in [5.74, 6) is -1.32. The van der Waals surface area contributed by atoms with Crippen LogP contribution in [0.1, 0.15) is 54.4 Å². The second-order valence-electron chi connectivity index (χ2n) is 7.83. The van der Waals surface area contributed by atoms with Crippen LogP contribution >= 0.6 is 0 Å². The van der Waals surface area contributed by atoms with Gasteiger partial charge in [0.15, 0.2) is 24.2 Å². The summed E-state index contributed by atoms with van der Waals surface area (Å²) in [6.45, 7) is 12.7. The van der Waals surface area contributed by atoms with Crippen molar-refractivity contribution in [3.05, 3.63) is 0 Å². The number of ether oxygens (including phenoxy) is 7. The fourth-order valence-corrected chi connectivity index (χ4v) is 3.49. The van der Waals surface area contributed by atoms with Gasteiger partial charge in [0.1, 0.15) is 24.4 Å². The third-order valence-corrected chi connectivity index (χ3v) is 4.62. The molecule has 0 aromatic heterocycles. The summed E-state index contributed by atoms with van der Waals surface area (Å²) in [7, 11) is 0. The molecule has 3 fully saturated rings. The third kappa shape index (κ3) is 4.53. The Hall–Kier alpha value is -0.280. The minimum Gasteiger partial charge on any atom is -0.353 e. The average Bonchev–Trinajstić information content (AvgIpc) is 3.10. The molecule has 7 heteroatoms. The zero-order valence-electron chi connectivity index (χ0n) is 16.2. The Bertz CT molecular complexity index is 453. The van der Waals surface area contributed by atoms with E-state index in [4.69, 9.17) is 33.2 Å². The summed E-state index contributed by atoms with van der Waals surface area (Å²) in [5.41, 5.74) is 0. The van der Waals surface area contributed by atoms with E-state index >= 15 is 0 Å². The quantitative estimate of drug-likeness (QED) is 0.511. The van der Waals surface area contributed by atoms with E-state index in [-0.39, 0.29) is 30.7 Å². The fraction of sp³-hybridized carbons (Fsp3) is 1.00. The SMILES string of the molecule is CCCCOC(C)O[C@@H]1[C@H]2OC(C)(C)O[C@H]2O[C@@H]1C1COC(C)(C)O1. The molecule has 7 nitrogen and oxygen atoms in total. The Morgan fingerprint density at radius 3 is 2.44 bits per heavy atom. The van der Waals surface area contributed by atoms with Crippen LogP contribution in [0, 0.1) is 0 Å². The zero-order valence-corrected chi connectivity index (χ0v) is 16.2. The molecule has 0 spiro atoms. The van der Waals surface area contributed by atoms with E-state index in [2.05, 4.69) is 6.92 Å². The van der Waals surface area contributed by atoms with Crippen LogP contribution in [0.4, 0.5) is 0 Å². The maximum atomic E-state index is 6.17. The van der Waals surface area contributed by atoms with E-state index in [9.17, 15) is 0 Å². The first kappa shape index (κ1) is 19.5. The Morgan fingerprint density at radius 1 is 1.04 bits per heavy atom. The van der Waals surface area contributed by atoms with Crippen molar-refractivity contribution >= 4 is 0 Å². The maximum Gasteiger partial charge on any atom is 0.190 e. The highest BCUT2D eigenvalue weighted by Gasteiger charge is 2.59. The summed E-state index contributed by atoms with van der Waals surface area (Å²) in [4.78, 5) is 0. The highest BCUT2D eigenvalue weighted by molar-refractivity contribution is 4.98. The first-order chi connectivity index (χ1) is 11.7. The molecule has 25 heavy (non-hydrogen) atoms. The molecule has 0 aromatic rings. The topological polar surface area (TPSA) is 64.6 Å². The first-order valence-corrected chi connectivity index (χ1v) is 9.31. The van der Waals surface area contributed by atoms with Crippen LogP contribution < -0.4 is 0 Å². The number of hydrogen-bond acceptors (Lipinski definition) is 7. The van der Waals surface area contributed by atoms with Gasteiger partial charge in [0.2, 0.25) is 0 Å². The van der Waals surface area contributed by atoms with Gasteiger partial charge in [0, 0.05) is 6.61 Å². The van der Waals surface area contributed by atoms with Gasteiger partial charge in [-0.3, -0.25) is 0 Å².